The molecule has 0 atom stereocenters. The second-order valence-electron chi connectivity index (χ2n) is 4.53. The van der Waals surface area contributed by atoms with Crippen molar-refractivity contribution >= 4 is 26.0 Å². The van der Waals surface area contributed by atoms with Crippen LogP contribution in [0.15, 0.2) is 33.6 Å². The first-order valence-corrected chi connectivity index (χ1v) is 7.30. The van der Waals surface area contributed by atoms with Crippen LogP contribution in [0.1, 0.15) is 13.8 Å². The number of hydrogen-bond donors (Lipinski definition) is 1. The van der Waals surface area contributed by atoms with E-state index < -0.39 is 15.6 Å². The first-order valence-electron chi connectivity index (χ1n) is 5.07. The van der Waals surface area contributed by atoms with E-state index in [-0.39, 0.29) is 11.4 Å². The molecule has 0 fully saturated rings. The Balaban J connectivity index is 2.99. The Kier molecular flexibility index (Phi) is 4.35. The average molecular weight is 322 g/mol. The van der Waals surface area contributed by atoms with Crippen LogP contribution in [-0.4, -0.2) is 37.0 Å². The van der Waals surface area contributed by atoms with Crippen LogP contribution in [-0.2, 0) is 10.0 Å². The van der Waals surface area contributed by atoms with Crippen LogP contribution in [0.3, 0.4) is 0 Å². The molecule has 0 aliphatic heterocycles. The summed E-state index contributed by atoms with van der Waals surface area (Å²) in [6.07, 6.45) is 0. The largest absolute Gasteiger partial charge is 0.389 e. The SMILES string of the molecule is CN(CC(C)(C)O)S(=O)(=O)c1ccc(Br)cc1. The molecule has 0 saturated carbocycles. The maximum atomic E-state index is 12.1. The van der Waals surface area contributed by atoms with E-state index in [4.69, 9.17) is 0 Å². The Bertz CT molecular complexity index is 476. The summed E-state index contributed by atoms with van der Waals surface area (Å²) in [4.78, 5) is 0.215. The molecule has 0 saturated heterocycles. The van der Waals surface area contributed by atoms with Gasteiger partial charge in [0.25, 0.3) is 0 Å². The Morgan fingerprint density at radius 3 is 2.18 bits per heavy atom. The fourth-order valence-electron chi connectivity index (χ4n) is 1.42. The van der Waals surface area contributed by atoms with Gasteiger partial charge in [0.1, 0.15) is 0 Å². The molecular weight excluding hydrogens is 306 g/mol. The first kappa shape index (κ1) is 14.6. The van der Waals surface area contributed by atoms with E-state index in [9.17, 15) is 13.5 Å². The molecule has 96 valence electrons. The summed E-state index contributed by atoms with van der Waals surface area (Å²) in [7, 11) is -2.08. The smallest absolute Gasteiger partial charge is 0.242 e. The molecule has 1 N–H and O–H groups in total. The second kappa shape index (κ2) is 5.06. The molecule has 1 aromatic rings. The van der Waals surface area contributed by atoms with Crippen LogP contribution in [0.5, 0.6) is 0 Å². The highest BCUT2D eigenvalue weighted by Gasteiger charge is 2.26. The summed E-state index contributed by atoms with van der Waals surface area (Å²) in [5, 5.41) is 9.63. The molecule has 6 heteroatoms. The zero-order chi connectivity index (χ0) is 13.3. The van der Waals surface area contributed by atoms with Crippen molar-refractivity contribution in [3.63, 3.8) is 0 Å². The van der Waals surface area contributed by atoms with Gasteiger partial charge in [-0.2, -0.15) is 4.31 Å². The average Bonchev–Trinajstić information content (AvgIpc) is 2.15. The van der Waals surface area contributed by atoms with Crippen LogP contribution in [0.2, 0.25) is 0 Å². The van der Waals surface area contributed by atoms with Crippen LogP contribution >= 0.6 is 15.9 Å². The predicted molar refractivity (Wildman–Crippen MR) is 70.3 cm³/mol. The maximum Gasteiger partial charge on any atom is 0.242 e. The number of nitrogens with zero attached hydrogens (tertiary/aromatic N) is 1. The van der Waals surface area contributed by atoms with Gasteiger partial charge in [0.2, 0.25) is 10.0 Å². The van der Waals surface area contributed by atoms with Gasteiger partial charge in [-0.15, -0.1) is 0 Å². The standard InChI is InChI=1S/C11H16BrNO3S/c1-11(2,14)8-13(3)17(15,16)10-6-4-9(12)5-7-10/h4-7,14H,8H2,1-3H3. The molecule has 4 nitrogen and oxygen atoms in total. The van der Waals surface area contributed by atoms with E-state index in [1.807, 2.05) is 0 Å². The van der Waals surface area contributed by atoms with Crippen LogP contribution in [0, 0.1) is 0 Å². The minimum absolute atomic E-state index is 0.0470. The summed E-state index contributed by atoms with van der Waals surface area (Å²) in [5.41, 5.74) is -1.06. The van der Waals surface area contributed by atoms with Crippen molar-refractivity contribution in [3.05, 3.63) is 28.7 Å². The number of aliphatic hydroxyl groups is 1. The highest BCUT2D eigenvalue weighted by Crippen LogP contribution is 2.19. The number of hydrogen-bond acceptors (Lipinski definition) is 3. The fraction of sp³-hybridized carbons (Fsp3) is 0.455. The van der Waals surface area contributed by atoms with Gasteiger partial charge in [0, 0.05) is 18.1 Å². The zero-order valence-corrected chi connectivity index (χ0v) is 12.4. The number of rotatable bonds is 4. The van der Waals surface area contributed by atoms with Gasteiger partial charge < -0.3 is 5.11 Å². The highest BCUT2D eigenvalue weighted by atomic mass is 79.9. The number of sulfonamides is 1. The zero-order valence-electron chi connectivity index (χ0n) is 10.0. The Morgan fingerprint density at radius 1 is 1.29 bits per heavy atom. The molecule has 0 aliphatic rings. The van der Waals surface area contributed by atoms with E-state index in [0.29, 0.717) is 0 Å². The van der Waals surface area contributed by atoms with E-state index in [2.05, 4.69) is 15.9 Å². The quantitative estimate of drug-likeness (QED) is 0.920. The second-order valence-corrected chi connectivity index (χ2v) is 7.49. The van der Waals surface area contributed by atoms with Gasteiger partial charge in [-0.25, -0.2) is 8.42 Å². The highest BCUT2D eigenvalue weighted by molar-refractivity contribution is 9.10. The molecule has 0 amide bonds. The molecule has 0 heterocycles. The summed E-state index contributed by atoms with van der Waals surface area (Å²) < 4.78 is 26.2. The normalized spacial score (nSPS) is 13.1. The Hall–Kier alpha value is -0.430. The maximum absolute atomic E-state index is 12.1. The lowest BCUT2D eigenvalue weighted by Gasteiger charge is -2.25. The lowest BCUT2D eigenvalue weighted by atomic mass is 10.1. The molecule has 17 heavy (non-hydrogen) atoms. The lowest BCUT2D eigenvalue weighted by Crippen LogP contribution is -2.39. The number of benzene rings is 1. The Labute approximate surface area is 110 Å². The summed E-state index contributed by atoms with van der Waals surface area (Å²) in [6.45, 7) is 3.19. The van der Waals surface area contributed by atoms with Crippen LogP contribution in [0.25, 0.3) is 0 Å². The minimum Gasteiger partial charge on any atom is -0.389 e. The first-order chi connectivity index (χ1) is 7.63. The monoisotopic (exact) mass is 321 g/mol. The van der Waals surface area contributed by atoms with Crippen molar-refractivity contribution in [1.29, 1.82) is 0 Å². The Morgan fingerprint density at radius 2 is 1.76 bits per heavy atom. The minimum atomic E-state index is -3.54. The van der Waals surface area contributed by atoms with E-state index in [1.165, 1.54) is 19.2 Å². The lowest BCUT2D eigenvalue weighted by molar-refractivity contribution is 0.0640. The fourth-order valence-corrected chi connectivity index (χ4v) is 3.01. The molecule has 0 unspecified atom stereocenters. The predicted octanol–water partition coefficient (Wildman–Crippen LogP) is 1.84. The van der Waals surface area contributed by atoms with Gasteiger partial charge >= 0.3 is 0 Å². The number of halogens is 1. The van der Waals surface area contributed by atoms with Crippen molar-refractivity contribution in [2.45, 2.75) is 24.3 Å². The van der Waals surface area contributed by atoms with Gasteiger partial charge in [0.15, 0.2) is 0 Å². The van der Waals surface area contributed by atoms with Crippen molar-refractivity contribution in [3.8, 4) is 0 Å². The third kappa shape index (κ3) is 4.06. The van der Waals surface area contributed by atoms with Crippen molar-refractivity contribution in [2.24, 2.45) is 0 Å². The molecule has 0 bridgehead atoms. The van der Waals surface area contributed by atoms with Crippen LogP contribution < -0.4 is 0 Å². The van der Waals surface area contributed by atoms with Crippen molar-refractivity contribution in [1.82, 2.24) is 4.31 Å². The molecular formula is C11H16BrNO3S. The summed E-state index contributed by atoms with van der Waals surface area (Å²) in [6, 6.07) is 6.40. The molecule has 0 aliphatic carbocycles. The molecule has 0 spiro atoms. The number of likely N-dealkylation sites (N-methyl/N-ethyl adjacent to an activating group) is 1. The van der Waals surface area contributed by atoms with Gasteiger partial charge in [-0.1, -0.05) is 15.9 Å². The van der Waals surface area contributed by atoms with Crippen molar-refractivity contribution < 1.29 is 13.5 Å². The topological polar surface area (TPSA) is 57.6 Å². The molecule has 0 radical (unpaired) electrons. The van der Waals surface area contributed by atoms with Gasteiger partial charge in [-0.3, -0.25) is 0 Å². The molecule has 1 rings (SSSR count). The third-order valence-electron chi connectivity index (χ3n) is 2.13. The van der Waals surface area contributed by atoms with E-state index in [0.717, 1.165) is 8.78 Å². The molecule has 0 aromatic heterocycles. The van der Waals surface area contributed by atoms with E-state index in [1.54, 1.807) is 26.0 Å². The molecule has 1 aromatic carbocycles. The van der Waals surface area contributed by atoms with Crippen molar-refractivity contribution in [2.75, 3.05) is 13.6 Å². The summed E-state index contributed by atoms with van der Waals surface area (Å²) >= 11 is 3.25. The summed E-state index contributed by atoms with van der Waals surface area (Å²) in [5.74, 6) is 0. The van der Waals surface area contributed by atoms with E-state index >= 15 is 0 Å². The third-order valence-corrected chi connectivity index (χ3v) is 4.48. The van der Waals surface area contributed by atoms with Gasteiger partial charge in [-0.05, 0) is 38.1 Å². The van der Waals surface area contributed by atoms with Crippen LogP contribution in [0.4, 0.5) is 0 Å². The van der Waals surface area contributed by atoms with Gasteiger partial charge in [0.05, 0.1) is 10.5 Å².